The minimum Gasteiger partial charge on any atom is -0.214 e. The van der Waals surface area contributed by atoms with E-state index in [0.29, 0.717) is 0 Å². The number of allylic oxidation sites excluding steroid dienone is 1. The van der Waals surface area contributed by atoms with Gasteiger partial charge in [-0.05, 0) is 13.8 Å². The predicted molar refractivity (Wildman–Crippen MR) is 44.5 cm³/mol. The van der Waals surface area contributed by atoms with E-state index in [9.17, 15) is 0 Å². The quantitative estimate of drug-likeness (QED) is 0.472. The van der Waals surface area contributed by atoms with Crippen molar-refractivity contribution in [2.24, 2.45) is 5.10 Å². The molecule has 0 atom stereocenters. The lowest BCUT2D eigenvalue weighted by Crippen LogP contribution is -2.31. The van der Waals surface area contributed by atoms with Crippen LogP contribution in [0.25, 0.3) is 0 Å². The van der Waals surface area contributed by atoms with E-state index in [0.717, 1.165) is 12.2 Å². The zero-order valence-electron chi connectivity index (χ0n) is 6.89. The molecule has 0 aliphatic carbocycles. The zero-order valence-corrected chi connectivity index (χ0v) is 6.89. The van der Waals surface area contributed by atoms with Crippen LogP contribution < -0.4 is 5.43 Å². The van der Waals surface area contributed by atoms with Gasteiger partial charge in [-0.1, -0.05) is 13.5 Å². The third kappa shape index (κ3) is 3.25. The molecule has 0 aliphatic heterocycles. The maximum atomic E-state index is 4.01. The van der Waals surface area contributed by atoms with Crippen LogP contribution in [-0.4, -0.2) is 17.9 Å². The SMILES string of the molecule is C=C(C)N(N=CC)NCC. The van der Waals surface area contributed by atoms with Crippen LogP contribution in [-0.2, 0) is 0 Å². The molecule has 0 heterocycles. The van der Waals surface area contributed by atoms with Crippen LogP contribution in [0.1, 0.15) is 20.8 Å². The van der Waals surface area contributed by atoms with Crippen molar-refractivity contribution in [3.05, 3.63) is 12.3 Å². The minimum atomic E-state index is 0.851. The van der Waals surface area contributed by atoms with Gasteiger partial charge in [-0.2, -0.15) is 5.10 Å². The average Bonchev–Trinajstić information content (AvgIpc) is 1.87. The van der Waals surface area contributed by atoms with E-state index in [1.165, 1.54) is 0 Å². The minimum absolute atomic E-state index is 0.851. The van der Waals surface area contributed by atoms with Crippen LogP contribution in [0.5, 0.6) is 0 Å². The number of rotatable bonds is 4. The van der Waals surface area contributed by atoms with Gasteiger partial charge in [0.15, 0.2) is 0 Å². The van der Waals surface area contributed by atoms with E-state index >= 15 is 0 Å². The fourth-order valence-electron chi connectivity index (χ4n) is 0.540. The van der Waals surface area contributed by atoms with Gasteiger partial charge in [0.2, 0.25) is 0 Å². The predicted octanol–water partition coefficient (Wildman–Crippen LogP) is 1.35. The molecule has 3 heteroatoms. The molecule has 0 bridgehead atoms. The Morgan fingerprint density at radius 2 is 2.40 bits per heavy atom. The number of hydrazine groups is 1. The Morgan fingerprint density at radius 1 is 1.80 bits per heavy atom. The van der Waals surface area contributed by atoms with Crippen molar-refractivity contribution >= 4 is 6.21 Å². The lowest BCUT2D eigenvalue weighted by atomic mass is 10.6. The largest absolute Gasteiger partial charge is 0.214 e. The highest BCUT2D eigenvalue weighted by atomic mass is 15.7. The fraction of sp³-hybridized carbons (Fsp3) is 0.571. The average molecular weight is 141 g/mol. The van der Waals surface area contributed by atoms with Crippen molar-refractivity contribution in [2.75, 3.05) is 6.54 Å². The highest BCUT2D eigenvalue weighted by Crippen LogP contribution is 1.94. The standard InChI is InChI=1S/C7H15N3/c1-5-8-10(7(3)4)9-6-2/h5,9H,3,6H2,1-2,4H3. The van der Waals surface area contributed by atoms with E-state index in [2.05, 4.69) is 17.1 Å². The summed E-state index contributed by atoms with van der Waals surface area (Å²) in [5.41, 5.74) is 3.91. The van der Waals surface area contributed by atoms with E-state index in [1.54, 1.807) is 11.3 Å². The molecule has 0 aliphatic rings. The zero-order chi connectivity index (χ0) is 7.98. The third-order valence-corrected chi connectivity index (χ3v) is 0.900. The Kier molecular flexibility index (Phi) is 4.58. The molecule has 0 radical (unpaired) electrons. The summed E-state index contributed by atoms with van der Waals surface area (Å²) < 4.78 is 0. The molecule has 0 saturated carbocycles. The van der Waals surface area contributed by atoms with Crippen molar-refractivity contribution in [2.45, 2.75) is 20.8 Å². The maximum absolute atomic E-state index is 4.01. The summed E-state index contributed by atoms with van der Waals surface area (Å²) in [6.45, 7) is 10.4. The summed E-state index contributed by atoms with van der Waals surface area (Å²) in [6.07, 6.45) is 1.72. The van der Waals surface area contributed by atoms with Gasteiger partial charge < -0.3 is 0 Å². The van der Waals surface area contributed by atoms with Gasteiger partial charge in [0.25, 0.3) is 0 Å². The van der Waals surface area contributed by atoms with E-state index in [4.69, 9.17) is 0 Å². The maximum Gasteiger partial charge on any atom is 0.0450 e. The Bertz CT molecular complexity index is 129. The molecule has 58 valence electrons. The molecule has 0 aromatic heterocycles. The van der Waals surface area contributed by atoms with E-state index < -0.39 is 0 Å². The van der Waals surface area contributed by atoms with E-state index in [-0.39, 0.29) is 0 Å². The molecule has 0 rings (SSSR count). The van der Waals surface area contributed by atoms with E-state index in [1.807, 2.05) is 20.8 Å². The number of hydrazone groups is 1. The summed E-state index contributed by atoms with van der Waals surface area (Å²) in [4.78, 5) is 0. The molecule has 0 amide bonds. The molecule has 0 aromatic rings. The molecule has 0 fully saturated rings. The molecule has 3 nitrogen and oxygen atoms in total. The molecule has 0 aromatic carbocycles. The highest BCUT2D eigenvalue weighted by Gasteiger charge is 1.94. The van der Waals surface area contributed by atoms with Crippen LogP contribution in [0, 0.1) is 0 Å². The summed E-state index contributed by atoms with van der Waals surface area (Å²) in [5.74, 6) is 0. The van der Waals surface area contributed by atoms with Gasteiger partial charge in [0, 0.05) is 18.5 Å². The van der Waals surface area contributed by atoms with Crippen LogP contribution in [0.2, 0.25) is 0 Å². The van der Waals surface area contributed by atoms with Crippen molar-refractivity contribution in [3.8, 4) is 0 Å². The Labute approximate surface area is 62.4 Å². The van der Waals surface area contributed by atoms with Crippen molar-refractivity contribution in [3.63, 3.8) is 0 Å². The Morgan fingerprint density at radius 3 is 2.70 bits per heavy atom. The molecule has 1 N–H and O–H groups in total. The van der Waals surface area contributed by atoms with Crippen LogP contribution in [0.15, 0.2) is 17.4 Å². The second-order valence-electron chi connectivity index (χ2n) is 1.93. The first-order valence-electron chi connectivity index (χ1n) is 3.40. The van der Waals surface area contributed by atoms with Gasteiger partial charge in [-0.15, -0.1) is 0 Å². The molecule has 0 spiro atoms. The first kappa shape index (κ1) is 9.17. The topological polar surface area (TPSA) is 27.6 Å². The van der Waals surface area contributed by atoms with Gasteiger partial charge in [-0.25, -0.2) is 10.5 Å². The van der Waals surface area contributed by atoms with Crippen molar-refractivity contribution in [1.82, 2.24) is 10.5 Å². The second-order valence-corrected chi connectivity index (χ2v) is 1.93. The second kappa shape index (κ2) is 4.99. The number of hydrogen-bond acceptors (Lipinski definition) is 3. The normalized spacial score (nSPS) is 10.3. The van der Waals surface area contributed by atoms with Crippen molar-refractivity contribution in [1.29, 1.82) is 0 Å². The summed E-state index contributed by atoms with van der Waals surface area (Å²) in [5, 5.41) is 5.66. The van der Waals surface area contributed by atoms with Crippen LogP contribution in [0.4, 0.5) is 0 Å². The molecule has 0 unspecified atom stereocenters. The Hall–Kier alpha value is -0.830. The number of nitrogens with zero attached hydrogens (tertiary/aromatic N) is 2. The molecular formula is C7H15N3. The third-order valence-electron chi connectivity index (χ3n) is 0.900. The first-order valence-corrected chi connectivity index (χ1v) is 3.40. The fourth-order valence-corrected chi connectivity index (χ4v) is 0.540. The monoisotopic (exact) mass is 141 g/mol. The summed E-state index contributed by atoms with van der Waals surface area (Å²) in [6, 6.07) is 0. The van der Waals surface area contributed by atoms with Gasteiger partial charge >= 0.3 is 0 Å². The smallest absolute Gasteiger partial charge is 0.0450 e. The van der Waals surface area contributed by atoms with Crippen LogP contribution in [0.3, 0.4) is 0 Å². The lowest BCUT2D eigenvalue weighted by molar-refractivity contribution is 0.267. The van der Waals surface area contributed by atoms with Crippen molar-refractivity contribution < 1.29 is 0 Å². The summed E-state index contributed by atoms with van der Waals surface area (Å²) >= 11 is 0. The Balaban J connectivity index is 3.85. The highest BCUT2D eigenvalue weighted by molar-refractivity contribution is 5.52. The number of nitrogens with one attached hydrogen (secondary N) is 1. The van der Waals surface area contributed by atoms with Gasteiger partial charge in [0.05, 0.1) is 0 Å². The van der Waals surface area contributed by atoms with Gasteiger partial charge in [-0.3, -0.25) is 0 Å². The van der Waals surface area contributed by atoms with Crippen LogP contribution >= 0.6 is 0 Å². The van der Waals surface area contributed by atoms with Gasteiger partial charge in [0.1, 0.15) is 0 Å². The lowest BCUT2D eigenvalue weighted by Gasteiger charge is -2.17. The number of hydrogen-bond donors (Lipinski definition) is 1. The summed E-state index contributed by atoms with van der Waals surface area (Å²) in [7, 11) is 0. The molecular weight excluding hydrogens is 126 g/mol. The molecule has 10 heavy (non-hydrogen) atoms. The first-order chi connectivity index (χ1) is 4.72. The molecule has 0 saturated heterocycles.